The average Bonchev–Trinajstić information content (AvgIpc) is 2.24. The zero-order valence-electron chi connectivity index (χ0n) is 8.80. The summed E-state index contributed by atoms with van der Waals surface area (Å²) in [7, 11) is 0. The van der Waals surface area contributed by atoms with Crippen molar-refractivity contribution in [1.29, 1.82) is 0 Å². The Labute approximate surface area is 94.7 Å². The Morgan fingerprint density at radius 3 is 2.75 bits per heavy atom. The van der Waals surface area contributed by atoms with Crippen molar-refractivity contribution in [1.82, 2.24) is 4.98 Å². The van der Waals surface area contributed by atoms with Crippen LogP contribution >= 0.6 is 0 Å². The average molecular weight is 211 g/mol. The molecule has 80 valence electrons. The first-order valence-electron chi connectivity index (χ1n) is 5.05. The van der Waals surface area contributed by atoms with Gasteiger partial charge in [0.25, 0.3) is 0 Å². The lowest BCUT2D eigenvalue weighted by molar-refractivity contribution is 1.29. The standard InChI is InChI=1S/C13H13N3/c14-12-9-6-10-15-13(12)16-11-7-4-2-1-3-5-8-11/h1-10H,14H2,(H,15,16)/b2-1-,3-1?,4-2?,5-3-,7-4-,8-5?,11-7?,11-8+. The van der Waals surface area contributed by atoms with E-state index >= 15 is 0 Å². The highest BCUT2D eigenvalue weighted by Crippen LogP contribution is 2.16. The lowest BCUT2D eigenvalue weighted by Crippen LogP contribution is -2.02. The molecular formula is C13H13N3. The summed E-state index contributed by atoms with van der Waals surface area (Å²) in [5.41, 5.74) is 7.39. The zero-order valence-corrected chi connectivity index (χ0v) is 8.80. The van der Waals surface area contributed by atoms with Crippen LogP contribution in [0.15, 0.2) is 66.6 Å². The molecule has 0 amide bonds. The van der Waals surface area contributed by atoms with Crippen molar-refractivity contribution in [3.63, 3.8) is 0 Å². The second-order valence-corrected chi connectivity index (χ2v) is 3.32. The molecule has 0 radical (unpaired) electrons. The summed E-state index contributed by atoms with van der Waals surface area (Å²) >= 11 is 0. The van der Waals surface area contributed by atoms with Crippen molar-refractivity contribution < 1.29 is 0 Å². The Hall–Kier alpha value is -2.29. The second kappa shape index (κ2) is 4.98. The third-order valence-electron chi connectivity index (χ3n) is 2.10. The number of aromatic nitrogens is 1. The number of anilines is 2. The molecule has 3 N–H and O–H groups in total. The van der Waals surface area contributed by atoms with Crippen LogP contribution in [0.2, 0.25) is 0 Å². The molecule has 3 heteroatoms. The lowest BCUT2D eigenvalue weighted by atomic mass is 10.2. The van der Waals surface area contributed by atoms with E-state index in [4.69, 9.17) is 5.73 Å². The first kappa shape index (κ1) is 10.2. The molecule has 0 aromatic carbocycles. The monoisotopic (exact) mass is 211 g/mol. The second-order valence-electron chi connectivity index (χ2n) is 3.32. The van der Waals surface area contributed by atoms with Crippen molar-refractivity contribution >= 4 is 11.5 Å². The van der Waals surface area contributed by atoms with Crippen LogP contribution in [-0.2, 0) is 0 Å². The van der Waals surface area contributed by atoms with Crippen molar-refractivity contribution in [3.05, 3.63) is 66.6 Å². The van der Waals surface area contributed by atoms with Gasteiger partial charge in [0, 0.05) is 11.9 Å². The Morgan fingerprint density at radius 2 is 1.88 bits per heavy atom. The Kier molecular flexibility index (Phi) is 3.18. The number of nitrogens with one attached hydrogen (secondary N) is 1. The van der Waals surface area contributed by atoms with Crippen LogP contribution in [0.4, 0.5) is 11.5 Å². The molecule has 2 rings (SSSR count). The van der Waals surface area contributed by atoms with Crippen LogP contribution in [0.25, 0.3) is 0 Å². The molecule has 1 heterocycles. The summed E-state index contributed by atoms with van der Waals surface area (Å²) in [5.74, 6) is 0.677. The van der Waals surface area contributed by atoms with Crippen molar-refractivity contribution in [3.8, 4) is 0 Å². The summed E-state index contributed by atoms with van der Waals surface area (Å²) < 4.78 is 0. The fourth-order valence-corrected chi connectivity index (χ4v) is 1.31. The molecule has 3 nitrogen and oxygen atoms in total. The molecule has 0 aliphatic heterocycles. The summed E-state index contributed by atoms with van der Waals surface area (Å²) in [4.78, 5) is 4.17. The number of pyridine rings is 1. The van der Waals surface area contributed by atoms with Gasteiger partial charge in [-0.05, 0) is 24.3 Å². The van der Waals surface area contributed by atoms with Gasteiger partial charge in [-0.1, -0.05) is 30.4 Å². The molecule has 0 fully saturated rings. The number of hydrogen-bond acceptors (Lipinski definition) is 3. The third kappa shape index (κ3) is 2.60. The van der Waals surface area contributed by atoms with Crippen LogP contribution in [-0.4, -0.2) is 4.98 Å². The quantitative estimate of drug-likeness (QED) is 0.790. The molecule has 0 bridgehead atoms. The van der Waals surface area contributed by atoms with Gasteiger partial charge in [0.05, 0.1) is 5.69 Å². The number of rotatable bonds is 2. The highest BCUT2D eigenvalue weighted by Gasteiger charge is 1.99. The van der Waals surface area contributed by atoms with Gasteiger partial charge in [0.2, 0.25) is 0 Å². The normalized spacial score (nSPS) is 23.4. The minimum atomic E-state index is 0.637. The topological polar surface area (TPSA) is 50.9 Å². The Balaban J connectivity index is 2.19. The van der Waals surface area contributed by atoms with Crippen LogP contribution in [0, 0.1) is 0 Å². The fourth-order valence-electron chi connectivity index (χ4n) is 1.31. The van der Waals surface area contributed by atoms with Gasteiger partial charge < -0.3 is 11.1 Å². The minimum absolute atomic E-state index is 0.637. The first-order chi connectivity index (χ1) is 7.86. The van der Waals surface area contributed by atoms with E-state index in [0.29, 0.717) is 11.5 Å². The maximum Gasteiger partial charge on any atom is 0.153 e. The molecule has 1 aromatic rings. The summed E-state index contributed by atoms with van der Waals surface area (Å²) in [6, 6.07) is 3.63. The molecule has 0 unspecified atom stereocenters. The van der Waals surface area contributed by atoms with E-state index in [1.54, 1.807) is 6.20 Å². The molecule has 16 heavy (non-hydrogen) atoms. The molecule has 0 spiro atoms. The van der Waals surface area contributed by atoms with Gasteiger partial charge in [-0.25, -0.2) is 4.98 Å². The lowest BCUT2D eigenvalue weighted by Gasteiger charge is -2.08. The van der Waals surface area contributed by atoms with Crippen LogP contribution in [0.5, 0.6) is 0 Å². The summed E-state index contributed by atoms with van der Waals surface area (Å²) in [6.45, 7) is 0. The van der Waals surface area contributed by atoms with Gasteiger partial charge in [-0.3, -0.25) is 0 Å². The van der Waals surface area contributed by atoms with Gasteiger partial charge >= 0.3 is 0 Å². The van der Waals surface area contributed by atoms with E-state index in [9.17, 15) is 0 Å². The predicted octanol–water partition coefficient (Wildman–Crippen LogP) is 2.64. The van der Waals surface area contributed by atoms with E-state index < -0.39 is 0 Å². The molecule has 1 aliphatic carbocycles. The van der Waals surface area contributed by atoms with E-state index in [1.165, 1.54) is 0 Å². The Morgan fingerprint density at radius 1 is 1.06 bits per heavy atom. The van der Waals surface area contributed by atoms with Gasteiger partial charge in [0.1, 0.15) is 0 Å². The summed E-state index contributed by atoms with van der Waals surface area (Å²) in [6.07, 6.45) is 15.5. The van der Waals surface area contributed by atoms with Crippen LogP contribution in [0.1, 0.15) is 0 Å². The van der Waals surface area contributed by atoms with E-state index in [0.717, 1.165) is 5.70 Å². The molecular weight excluding hydrogens is 198 g/mol. The van der Waals surface area contributed by atoms with Crippen molar-refractivity contribution in [2.24, 2.45) is 0 Å². The van der Waals surface area contributed by atoms with Gasteiger partial charge in [0.15, 0.2) is 5.82 Å². The van der Waals surface area contributed by atoms with Crippen molar-refractivity contribution in [2.75, 3.05) is 11.1 Å². The number of nitrogen functional groups attached to an aromatic ring is 1. The largest absolute Gasteiger partial charge is 0.396 e. The highest BCUT2D eigenvalue weighted by molar-refractivity contribution is 5.64. The minimum Gasteiger partial charge on any atom is -0.396 e. The van der Waals surface area contributed by atoms with Gasteiger partial charge in [-0.15, -0.1) is 0 Å². The fraction of sp³-hybridized carbons (Fsp3) is 0. The highest BCUT2D eigenvalue weighted by atomic mass is 15.0. The van der Waals surface area contributed by atoms with Crippen LogP contribution in [0.3, 0.4) is 0 Å². The number of hydrogen-bond donors (Lipinski definition) is 2. The molecule has 0 atom stereocenters. The maximum absolute atomic E-state index is 5.80. The smallest absolute Gasteiger partial charge is 0.153 e. The molecule has 0 saturated heterocycles. The molecule has 0 saturated carbocycles. The SMILES string of the molecule is Nc1cccnc1NC1=C/C=C\C=C/C=C\1. The summed E-state index contributed by atoms with van der Waals surface area (Å²) in [5, 5.41) is 3.17. The zero-order chi connectivity index (χ0) is 11.2. The predicted molar refractivity (Wildman–Crippen MR) is 67.8 cm³/mol. The number of nitrogens with two attached hydrogens (primary N) is 1. The van der Waals surface area contributed by atoms with Crippen molar-refractivity contribution in [2.45, 2.75) is 0 Å². The third-order valence-corrected chi connectivity index (χ3v) is 2.10. The molecule has 1 aromatic heterocycles. The van der Waals surface area contributed by atoms with E-state index in [-0.39, 0.29) is 0 Å². The first-order valence-corrected chi connectivity index (χ1v) is 5.05. The number of nitrogens with zero attached hydrogens (tertiary/aromatic N) is 1. The van der Waals surface area contributed by atoms with Crippen LogP contribution < -0.4 is 11.1 Å². The molecule has 1 aliphatic rings. The maximum atomic E-state index is 5.80. The Bertz CT molecular complexity index is 482. The number of allylic oxidation sites excluding steroid dienone is 7. The van der Waals surface area contributed by atoms with E-state index in [2.05, 4.69) is 10.3 Å². The van der Waals surface area contributed by atoms with Gasteiger partial charge in [-0.2, -0.15) is 0 Å². The van der Waals surface area contributed by atoms with E-state index in [1.807, 2.05) is 54.7 Å².